The lowest BCUT2D eigenvalue weighted by Gasteiger charge is -2.30. The maximum atomic E-state index is 13.4. The van der Waals surface area contributed by atoms with E-state index in [1.807, 2.05) is 0 Å². The minimum Gasteiger partial charge on any atom is -0.457 e. The van der Waals surface area contributed by atoms with Crippen molar-refractivity contribution in [2.24, 2.45) is 0 Å². The van der Waals surface area contributed by atoms with E-state index < -0.39 is 22.8 Å². The van der Waals surface area contributed by atoms with Crippen molar-refractivity contribution < 1.29 is 24.0 Å². The molecule has 10 heteroatoms. The molecule has 1 aliphatic rings. The molecule has 0 saturated heterocycles. The summed E-state index contributed by atoms with van der Waals surface area (Å²) in [7, 11) is 0. The van der Waals surface area contributed by atoms with Gasteiger partial charge in [0.2, 0.25) is 0 Å². The minimum absolute atomic E-state index is 0.0590. The van der Waals surface area contributed by atoms with Gasteiger partial charge in [-0.15, -0.1) is 0 Å². The Morgan fingerprint density at radius 2 is 1.38 bits per heavy atom. The van der Waals surface area contributed by atoms with Crippen LogP contribution in [0, 0.1) is 10.1 Å². The number of dihydropyridines is 1. The molecule has 2 aromatic heterocycles. The van der Waals surface area contributed by atoms with Gasteiger partial charge >= 0.3 is 11.9 Å². The summed E-state index contributed by atoms with van der Waals surface area (Å²) in [5.41, 5.74) is 2.28. The van der Waals surface area contributed by atoms with Crippen LogP contribution in [0.2, 0.25) is 0 Å². The highest BCUT2D eigenvalue weighted by molar-refractivity contribution is 6.00. The van der Waals surface area contributed by atoms with Gasteiger partial charge in [0.15, 0.2) is 0 Å². The summed E-state index contributed by atoms with van der Waals surface area (Å²) in [6, 6.07) is 12.9. The molecular formula is C27H24N4O6. The van der Waals surface area contributed by atoms with Gasteiger partial charge in [-0.25, -0.2) is 9.59 Å². The molecule has 37 heavy (non-hydrogen) atoms. The Morgan fingerprint density at radius 3 is 1.84 bits per heavy atom. The van der Waals surface area contributed by atoms with Crippen molar-refractivity contribution in [2.45, 2.75) is 33.0 Å². The Labute approximate surface area is 212 Å². The zero-order chi connectivity index (χ0) is 26.4. The summed E-state index contributed by atoms with van der Waals surface area (Å²) in [6.07, 6.45) is 6.34. The molecular weight excluding hydrogens is 476 g/mol. The summed E-state index contributed by atoms with van der Waals surface area (Å²) < 4.78 is 11.1. The number of pyridine rings is 2. The molecule has 0 spiro atoms. The number of carbonyl (C=O) groups is 2. The molecule has 3 heterocycles. The molecule has 1 N–H and O–H groups in total. The van der Waals surface area contributed by atoms with Crippen LogP contribution in [-0.4, -0.2) is 26.8 Å². The number of nitro benzene ring substituents is 1. The van der Waals surface area contributed by atoms with Gasteiger partial charge in [-0.05, 0) is 26.0 Å². The third-order valence-electron chi connectivity index (χ3n) is 5.83. The fourth-order valence-electron chi connectivity index (χ4n) is 4.16. The van der Waals surface area contributed by atoms with Gasteiger partial charge in [-0.2, -0.15) is 0 Å². The number of para-hydroxylation sites is 1. The molecule has 0 unspecified atom stereocenters. The van der Waals surface area contributed by atoms with Crippen molar-refractivity contribution >= 4 is 17.6 Å². The van der Waals surface area contributed by atoms with Crippen LogP contribution in [0.25, 0.3) is 0 Å². The van der Waals surface area contributed by atoms with Crippen LogP contribution in [0.3, 0.4) is 0 Å². The van der Waals surface area contributed by atoms with Crippen LogP contribution in [0.15, 0.2) is 95.9 Å². The van der Waals surface area contributed by atoms with Crippen molar-refractivity contribution in [3.63, 3.8) is 0 Å². The van der Waals surface area contributed by atoms with Crippen molar-refractivity contribution in [2.75, 3.05) is 0 Å². The molecule has 10 nitrogen and oxygen atoms in total. The predicted octanol–water partition coefficient (Wildman–Crippen LogP) is 4.11. The molecule has 0 fully saturated rings. The highest BCUT2D eigenvalue weighted by Crippen LogP contribution is 2.42. The second kappa shape index (κ2) is 11.3. The van der Waals surface area contributed by atoms with E-state index >= 15 is 0 Å². The van der Waals surface area contributed by atoms with Crippen molar-refractivity contribution in [1.29, 1.82) is 0 Å². The smallest absolute Gasteiger partial charge is 0.337 e. The number of allylic oxidation sites excluding steroid dienone is 2. The first-order valence-electron chi connectivity index (χ1n) is 11.4. The van der Waals surface area contributed by atoms with Gasteiger partial charge in [0, 0.05) is 58.9 Å². The average Bonchev–Trinajstić information content (AvgIpc) is 2.91. The van der Waals surface area contributed by atoms with E-state index in [2.05, 4.69) is 15.3 Å². The first-order valence-corrected chi connectivity index (χ1v) is 11.4. The standard InChI is InChI=1S/C27H24N4O6/c1-17-23(26(32)36-15-19-7-5-11-28-13-19)25(21-9-3-4-10-22(21)31(34)35)24(18(2)30-17)27(33)37-16-20-8-6-12-29-14-20/h3-14,25,30H,15-16H2,1-2H3. The van der Waals surface area contributed by atoms with Gasteiger partial charge < -0.3 is 14.8 Å². The molecule has 1 aromatic carbocycles. The molecule has 4 rings (SSSR count). The fourth-order valence-corrected chi connectivity index (χ4v) is 4.16. The van der Waals surface area contributed by atoms with Crippen LogP contribution < -0.4 is 5.32 Å². The first kappa shape index (κ1) is 25.2. The van der Waals surface area contributed by atoms with Crippen LogP contribution in [0.5, 0.6) is 0 Å². The third-order valence-corrected chi connectivity index (χ3v) is 5.83. The number of ether oxygens (including phenoxy) is 2. The predicted molar refractivity (Wildman–Crippen MR) is 132 cm³/mol. The van der Waals surface area contributed by atoms with Gasteiger partial charge in [0.25, 0.3) is 5.69 Å². The minimum atomic E-state index is -1.09. The number of nitro groups is 1. The number of nitrogens with zero attached hydrogens (tertiary/aromatic N) is 3. The zero-order valence-corrected chi connectivity index (χ0v) is 20.2. The molecule has 188 valence electrons. The van der Waals surface area contributed by atoms with E-state index in [0.717, 1.165) is 0 Å². The summed E-state index contributed by atoms with van der Waals surface area (Å²) >= 11 is 0. The second-order valence-electron chi connectivity index (χ2n) is 8.33. The lowest BCUT2D eigenvalue weighted by molar-refractivity contribution is -0.385. The van der Waals surface area contributed by atoms with E-state index in [4.69, 9.17) is 9.47 Å². The van der Waals surface area contributed by atoms with Crippen LogP contribution in [0.1, 0.15) is 36.5 Å². The van der Waals surface area contributed by atoms with Gasteiger partial charge in [-0.3, -0.25) is 20.1 Å². The Bertz CT molecular complexity index is 1310. The molecule has 0 amide bonds. The molecule has 0 bridgehead atoms. The number of rotatable bonds is 8. The highest BCUT2D eigenvalue weighted by atomic mass is 16.6. The molecule has 0 atom stereocenters. The molecule has 0 radical (unpaired) electrons. The SMILES string of the molecule is CC1=C(C(=O)OCc2cccnc2)C(c2ccccc2[N+](=O)[O-])C(C(=O)OCc2cccnc2)=C(C)N1. The third kappa shape index (κ3) is 5.69. The second-order valence-corrected chi connectivity index (χ2v) is 8.33. The Balaban J connectivity index is 1.73. The highest BCUT2D eigenvalue weighted by Gasteiger charge is 2.41. The van der Waals surface area contributed by atoms with Gasteiger partial charge in [0.1, 0.15) is 13.2 Å². The van der Waals surface area contributed by atoms with Gasteiger partial charge in [0.05, 0.1) is 22.0 Å². The van der Waals surface area contributed by atoms with Crippen LogP contribution >= 0.6 is 0 Å². The monoisotopic (exact) mass is 500 g/mol. The van der Waals surface area contributed by atoms with E-state index in [9.17, 15) is 19.7 Å². The van der Waals surface area contributed by atoms with Gasteiger partial charge in [-0.1, -0.05) is 30.3 Å². The lowest BCUT2D eigenvalue weighted by atomic mass is 9.79. The summed E-state index contributed by atoms with van der Waals surface area (Å²) in [6.45, 7) is 3.19. The topological polar surface area (TPSA) is 134 Å². The van der Waals surface area contributed by atoms with E-state index in [1.54, 1.807) is 69.0 Å². The van der Waals surface area contributed by atoms with Crippen molar-refractivity contribution in [1.82, 2.24) is 15.3 Å². The number of hydrogen-bond acceptors (Lipinski definition) is 9. The number of benzene rings is 1. The Hall–Kier alpha value is -4.86. The quantitative estimate of drug-likeness (QED) is 0.275. The number of esters is 2. The normalized spacial score (nSPS) is 13.7. The zero-order valence-electron chi connectivity index (χ0n) is 20.2. The average molecular weight is 501 g/mol. The van der Waals surface area contributed by atoms with Crippen molar-refractivity contribution in [3.8, 4) is 0 Å². The summed E-state index contributed by atoms with van der Waals surface area (Å²) in [5.74, 6) is -2.53. The van der Waals surface area contributed by atoms with E-state index in [-0.39, 0.29) is 35.6 Å². The maximum Gasteiger partial charge on any atom is 0.337 e. The Kier molecular flexibility index (Phi) is 7.68. The fraction of sp³-hybridized carbons (Fsp3) is 0.185. The molecule has 0 aliphatic carbocycles. The molecule has 0 saturated carbocycles. The maximum absolute atomic E-state index is 13.4. The molecule has 1 aliphatic heterocycles. The molecule has 3 aromatic rings. The number of aromatic nitrogens is 2. The van der Waals surface area contributed by atoms with E-state index in [0.29, 0.717) is 22.5 Å². The Morgan fingerprint density at radius 1 is 0.865 bits per heavy atom. The van der Waals surface area contributed by atoms with Crippen LogP contribution in [0.4, 0.5) is 5.69 Å². The largest absolute Gasteiger partial charge is 0.457 e. The number of carbonyl (C=O) groups excluding carboxylic acids is 2. The van der Waals surface area contributed by atoms with E-state index in [1.165, 1.54) is 18.2 Å². The number of nitrogens with one attached hydrogen (secondary N) is 1. The number of hydrogen-bond donors (Lipinski definition) is 1. The lowest BCUT2D eigenvalue weighted by Crippen LogP contribution is -2.32. The van der Waals surface area contributed by atoms with Crippen molar-refractivity contribution in [3.05, 3.63) is 123 Å². The summed E-state index contributed by atoms with van der Waals surface area (Å²) in [5, 5.41) is 15.0. The first-order chi connectivity index (χ1) is 17.9. The summed E-state index contributed by atoms with van der Waals surface area (Å²) in [4.78, 5) is 46.2. The van der Waals surface area contributed by atoms with Crippen LogP contribution in [-0.2, 0) is 32.3 Å².